The van der Waals surface area contributed by atoms with Gasteiger partial charge in [0, 0.05) is 23.1 Å². The molecule has 2 aliphatic heterocycles. The fraction of sp³-hybridized carbons (Fsp3) is 0.500. The molecule has 1 unspecified atom stereocenters. The van der Waals surface area contributed by atoms with Gasteiger partial charge < -0.3 is 9.72 Å². The van der Waals surface area contributed by atoms with Crippen molar-refractivity contribution in [2.45, 2.75) is 52.2 Å². The number of fused-ring (bicyclic) bond motifs is 2. The number of carbonyl (C=O) groups excluding carboxylic acids is 1. The zero-order valence-electron chi connectivity index (χ0n) is 13.8. The summed E-state index contributed by atoms with van der Waals surface area (Å²) in [6.07, 6.45) is 0.663. The van der Waals surface area contributed by atoms with Gasteiger partial charge in [0.15, 0.2) is 0 Å². The Morgan fingerprint density at radius 1 is 1.23 bits per heavy atom. The van der Waals surface area contributed by atoms with Gasteiger partial charge in [-0.2, -0.15) is 0 Å². The maximum Gasteiger partial charge on any atom is 0.411 e. The number of hydrogen-bond donors (Lipinski definition) is 1. The summed E-state index contributed by atoms with van der Waals surface area (Å²) < 4.78 is 5.71. The molecule has 0 aliphatic carbocycles. The average Bonchev–Trinajstić information content (AvgIpc) is 2.77. The lowest BCUT2D eigenvalue weighted by atomic mass is 9.76. The van der Waals surface area contributed by atoms with Crippen LogP contribution in [0.3, 0.4) is 0 Å². The second kappa shape index (κ2) is 3.86. The first-order valence-corrected chi connectivity index (χ1v) is 7.89. The smallest absolute Gasteiger partial charge is 0.411 e. The quantitative estimate of drug-likeness (QED) is 0.804. The Kier molecular flexibility index (Phi) is 2.40. The fourth-order valence-electron chi connectivity index (χ4n) is 4.24. The summed E-state index contributed by atoms with van der Waals surface area (Å²) in [4.78, 5) is 17.9. The minimum atomic E-state index is -0.556. The van der Waals surface area contributed by atoms with Crippen LogP contribution in [-0.4, -0.2) is 28.1 Å². The summed E-state index contributed by atoms with van der Waals surface area (Å²) in [5.74, 6) is 0. The predicted molar refractivity (Wildman–Crippen MR) is 86.1 cm³/mol. The monoisotopic (exact) mass is 298 g/mol. The van der Waals surface area contributed by atoms with Crippen LogP contribution in [0.1, 0.15) is 43.2 Å². The first-order valence-electron chi connectivity index (χ1n) is 7.89. The van der Waals surface area contributed by atoms with Crippen molar-refractivity contribution in [2.24, 2.45) is 0 Å². The summed E-state index contributed by atoms with van der Waals surface area (Å²) in [6, 6.07) is 4.32. The van der Waals surface area contributed by atoms with Gasteiger partial charge in [-0.3, -0.25) is 4.90 Å². The Hall–Kier alpha value is -1.97. The number of benzene rings is 1. The van der Waals surface area contributed by atoms with Gasteiger partial charge in [0.1, 0.15) is 11.1 Å². The van der Waals surface area contributed by atoms with E-state index in [1.54, 1.807) is 0 Å². The van der Waals surface area contributed by atoms with Crippen LogP contribution in [0.2, 0.25) is 0 Å². The molecule has 1 N–H and O–H groups in total. The van der Waals surface area contributed by atoms with Crippen LogP contribution in [0.5, 0.6) is 0 Å². The van der Waals surface area contributed by atoms with Gasteiger partial charge in [-0.05, 0) is 57.7 Å². The summed E-state index contributed by atoms with van der Waals surface area (Å²) in [6.45, 7) is 11.1. The number of nitrogens with zero attached hydrogens (tertiary/aromatic N) is 1. The first-order chi connectivity index (χ1) is 10.3. The highest BCUT2D eigenvalue weighted by molar-refractivity contribution is 5.93. The molecule has 0 spiro atoms. The number of carbonyl (C=O) groups is 1. The lowest BCUT2D eigenvalue weighted by molar-refractivity contribution is 0.0242. The minimum Gasteiger partial charge on any atom is -0.440 e. The van der Waals surface area contributed by atoms with Crippen molar-refractivity contribution < 1.29 is 9.53 Å². The molecule has 4 nitrogen and oxygen atoms in total. The van der Waals surface area contributed by atoms with Gasteiger partial charge >= 0.3 is 6.09 Å². The van der Waals surface area contributed by atoms with Crippen molar-refractivity contribution >= 4 is 17.0 Å². The van der Waals surface area contributed by atoms with Gasteiger partial charge in [0.2, 0.25) is 0 Å². The highest BCUT2D eigenvalue weighted by Gasteiger charge is 2.59. The van der Waals surface area contributed by atoms with Crippen molar-refractivity contribution in [1.82, 2.24) is 9.88 Å². The molecule has 116 valence electrons. The van der Waals surface area contributed by atoms with Crippen molar-refractivity contribution in [2.75, 3.05) is 6.54 Å². The normalized spacial score (nSPS) is 26.0. The molecule has 1 saturated heterocycles. The third-order valence-corrected chi connectivity index (χ3v) is 5.87. The zero-order valence-corrected chi connectivity index (χ0v) is 13.8. The SMILES string of the molecule is Cc1[nH]c2c(C)ccc3c2c1CCN1C(=O)OC(C)(C)C31C. The van der Waals surface area contributed by atoms with Gasteiger partial charge in [0.25, 0.3) is 0 Å². The summed E-state index contributed by atoms with van der Waals surface area (Å²) in [5, 5.41) is 1.29. The Balaban J connectivity index is 2.14. The fourth-order valence-corrected chi connectivity index (χ4v) is 4.24. The summed E-state index contributed by atoms with van der Waals surface area (Å²) >= 11 is 0. The van der Waals surface area contributed by atoms with E-state index in [2.05, 4.69) is 37.9 Å². The third-order valence-electron chi connectivity index (χ3n) is 5.87. The molecule has 1 amide bonds. The van der Waals surface area contributed by atoms with Crippen molar-refractivity contribution in [3.63, 3.8) is 0 Å². The molecule has 1 atom stereocenters. The molecule has 1 aromatic heterocycles. The van der Waals surface area contributed by atoms with Crippen LogP contribution >= 0.6 is 0 Å². The van der Waals surface area contributed by atoms with Crippen LogP contribution in [0.4, 0.5) is 4.79 Å². The highest BCUT2D eigenvalue weighted by atomic mass is 16.6. The average molecular weight is 298 g/mol. The van der Waals surface area contributed by atoms with Crippen LogP contribution in [0.25, 0.3) is 10.9 Å². The van der Waals surface area contributed by atoms with Crippen LogP contribution in [-0.2, 0) is 16.7 Å². The van der Waals surface area contributed by atoms with E-state index in [0.29, 0.717) is 6.54 Å². The summed E-state index contributed by atoms with van der Waals surface area (Å²) in [5.41, 5.74) is 5.18. The Labute approximate surface area is 130 Å². The maximum absolute atomic E-state index is 12.4. The standard InChI is InChI=1S/C18H22N2O2/c1-10-6-7-13-14-12(11(2)19-15(10)14)8-9-20-16(21)22-17(3,4)18(13,20)5/h6-7,19H,8-9H2,1-5H3. The van der Waals surface area contributed by atoms with E-state index < -0.39 is 11.1 Å². The molecule has 0 bridgehead atoms. The number of hydrogen-bond acceptors (Lipinski definition) is 2. The molecule has 1 aromatic carbocycles. The number of cyclic esters (lactones) is 1. The number of rotatable bonds is 0. The van der Waals surface area contributed by atoms with E-state index in [0.717, 1.165) is 6.42 Å². The molecular formula is C18H22N2O2. The highest BCUT2D eigenvalue weighted by Crippen LogP contribution is 2.51. The Bertz CT molecular complexity index is 818. The lowest BCUT2D eigenvalue weighted by Crippen LogP contribution is -2.50. The van der Waals surface area contributed by atoms with E-state index in [9.17, 15) is 4.79 Å². The molecule has 0 radical (unpaired) electrons. The largest absolute Gasteiger partial charge is 0.440 e. The number of aromatic nitrogens is 1. The van der Waals surface area contributed by atoms with Gasteiger partial charge in [0.05, 0.1) is 0 Å². The predicted octanol–water partition coefficient (Wildman–Crippen LogP) is 3.79. The van der Waals surface area contributed by atoms with E-state index >= 15 is 0 Å². The summed E-state index contributed by atoms with van der Waals surface area (Å²) in [7, 11) is 0. The van der Waals surface area contributed by atoms with E-state index in [1.165, 1.54) is 33.3 Å². The van der Waals surface area contributed by atoms with Gasteiger partial charge in [-0.1, -0.05) is 12.1 Å². The Morgan fingerprint density at radius 3 is 2.68 bits per heavy atom. The zero-order chi connectivity index (χ0) is 15.9. The van der Waals surface area contributed by atoms with Crippen molar-refractivity contribution in [3.05, 3.63) is 34.5 Å². The van der Waals surface area contributed by atoms with E-state index in [4.69, 9.17) is 4.74 Å². The number of H-pyrrole nitrogens is 1. The van der Waals surface area contributed by atoms with Crippen LogP contribution < -0.4 is 0 Å². The second-order valence-corrected chi connectivity index (χ2v) is 7.26. The first kappa shape index (κ1) is 13.7. The number of aromatic amines is 1. The van der Waals surface area contributed by atoms with Gasteiger partial charge in [-0.15, -0.1) is 0 Å². The van der Waals surface area contributed by atoms with E-state index in [-0.39, 0.29) is 6.09 Å². The molecule has 2 aliphatic rings. The van der Waals surface area contributed by atoms with Crippen molar-refractivity contribution in [3.8, 4) is 0 Å². The third kappa shape index (κ3) is 1.36. The topological polar surface area (TPSA) is 45.3 Å². The van der Waals surface area contributed by atoms with Crippen LogP contribution in [0, 0.1) is 13.8 Å². The number of nitrogens with one attached hydrogen (secondary N) is 1. The Morgan fingerprint density at radius 2 is 1.95 bits per heavy atom. The van der Waals surface area contributed by atoms with E-state index in [1.807, 2.05) is 18.7 Å². The van der Waals surface area contributed by atoms with Crippen molar-refractivity contribution in [1.29, 1.82) is 0 Å². The molecule has 3 heterocycles. The lowest BCUT2D eigenvalue weighted by Gasteiger charge is -2.40. The minimum absolute atomic E-state index is 0.201. The van der Waals surface area contributed by atoms with Gasteiger partial charge in [-0.25, -0.2) is 4.79 Å². The number of ether oxygens (including phenoxy) is 1. The second-order valence-electron chi connectivity index (χ2n) is 7.26. The molecule has 22 heavy (non-hydrogen) atoms. The number of aryl methyl sites for hydroxylation is 2. The molecule has 2 aromatic rings. The molecule has 4 rings (SSSR count). The van der Waals surface area contributed by atoms with Crippen LogP contribution in [0.15, 0.2) is 12.1 Å². The molecule has 0 saturated carbocycles. The molecular weight excluding hydrogens is 276 g/mol. The number of amides is 1. The maximum atomic E-state index is 12.4. The molecule has 1 fully saturated rings. The molecule has 4 heteroatoms.